The molecule has 4 heterocycles. The van der Waals surface area contributed by atoms with Gasteiger partial charge in [-0.15, -0.1) is 0 Å². The summed E-state index contributed by atoms with van der Waals surface area (Å²) in [5.74, 6) is 3.21. The Kier molecular flexibility index (Phi) is 5.93. The molecule has 0 atom stereocenters. The zero-order valence-electron chi connectivity index (χ0n) is 21.0. The highest BCUT2D eigenvalue weighted by Gasteiger charge is 2.23. The molecule has 0 aliphatic carbocycles. The number of nitrogens with zero attached hydrogens (tertiary/aromatic N) is 4. The van der Waals surface area contributed by atoms with E-state index < -0.39 is 0 Å². The van der Waals surface area contributed by atoms with E-state index in [1.807, 2.05) is 20.0 Å². The van der Waals surface area contributed by atoms with E-state index >= 15 is 0 Å². The summed E-state index contributed by atoms with van der Waals surface area (Å²) in [5, 5.41) is 5.17. The van der Waals surface area contributed by atoms with Crippen LogP contribution in [-0.2, 0) is 17.7 Å². The van der Waals surface area contributed by atoms with Gasteiger partial charge >= 0.3 is 0 Å². The van der Waals surface area contributed by atoms with Crippen molar-refractivity contribution in [2.75, 3.05) is 20.3 Å². The van der Waals surface area contributed by atoms with Gasteiger partial charge in [-0.1, -0.05) is 35.5 Å². The van der Waals surface area contributed by atoms with Crippen LogP contribution < -0.4 is 4.74 Å². The normalized spacial score (nSPS) is 14.6. The summed E-state index contributed by atoms with van der Waals surface area (Å²) in [7, 11) is 1.70. The van der Waals surface area contributed by atoms with Crippen molar-refractivity contribution >= 4 is 21.9 Å². The van der Waals surface area contributed by atoms with Crippen LogP contribution in [0.15, 0.2) is 53.2 Å². The first kappa shape index (κ1) is 22.7. The zero-order chi connectivity index (χ0) is 24.6. The minimum atomic E-state index is 0.574. The Hall–Kier alpha value is -3.71. The molecule has 184 valence electrons. The Morgan fingerprint density at radius 1 is 1.06 bits per heavy atom. The van der Waals surface area contributed by atoms with E-state index in [4.69, 9.17) is 24.0 Å². The third-order valence-electron chi connectivity index (χ3n) is 7.27. The third kappa shape index (κ3) is 4.03. The summed E-state index contributed by atoms with van der Waals surface area (Å²) in [5.41, 5.74) is 6.86. The minimum Gasteiger partial charge on any atom is -0.496 e. The van der Waals surface area contributed by atoms with Gasteiger partial charge in [0, 0.05) is 37.1 Å². The molecule has 1 aliphatic heterocycles. The maximum atomic E-state index is 5.88. The summed E-state index contributed by atoms with van der Waals surface area (Å²) < 4.78 is 19.3. The lowest BCUT2D eigenvalue weighted by molar-refractivity contribution is 0.0658. The molecule has 7 heteroatoms. The Morgan fingerprint density at radius 3 is 2.58 bits per heavy atom. The highest BCUT2D eigenvalue weighted by Crippen LogP contribution is 2.39. The smallest absolute Gasteiger partial charge is 0.141 e. The van der Waals surface area contributed by atoms with Crippen molar-refractivity contribution in [1.82, 2.24) is 19.7 Å². The molecule has 0 spiro atoms. The monoisotopic (exact) mass is 482 g/mol. The number of aromatic nitrogens is 4. The summed E-state index contributed by atoms with van der Waals surface area (Å²) in [6, 6.07) is 14.7. The Morgan fingerprint density at radius 2 is 1.86 bits per heavy atom. The molecular formula is C29H30N4O3. The molecule has 2 aromatic carbocycles. The second kappa shape index (κ2) is 9.39. The van der Waals surface area contributed by atoms with Gasteiger partial charge < -0.3 is 18.6 Å². The molecule has 0 amide bonds. The molecule has 0 unspecified atom stereocenters. The molecule has 1 aliphatic rings. The number of ether oxygens (including phenoxy) is 2. The van der Waals surface area contributed by atoms with Gasteiger partial charge in [-0.3, -0.25) is 4.98 Å². The predicted octanol–water partition coefficient (Wildman–Crippen LogP) is 5.88. The molecule has 6 rings (SSSR count). The molecular weight excluding hydrogens is 452 g/mol. The van der Waals surface area contributed by atoms with Crippen LogP contribution in [0, 0.1) is 19.8 Å². The van der Waals surface area contributed by atoms with Crippen LogP contribution in [0.4, 0.5) is 0 Å². The van der Waals surface area contributed by atoms with Gasteiger partial charge in [0.25, 0.3) is 0 Å². The van der Waals surface area contributed by atoms with E-state index in [1.165, 1.54) is 5.56 Å². The second-order valence-electron chi connectivity index (χ2n) is 9.62. The zero-order valence-corrected chi connectivity index (χ0v) is 21.0. The van der Waals surface area contributed by atoms with Crippen molar-refractivity contribution in [3.8, 4) is 16.9 Å². The molecule has 0 bridgehead atoms. The highest BCUT2D eigenvalue weighted by molar-refractivity contribution is 6.05. The van der Waals surface area contributed by atoms with Crippen molar-refractivity contribution in [3.63, 3.8) is 0 Å². The second-order valence-corrected chi connectivity index (χ2v) is 9.62. The predicted molar refractivity (Wildman–Crippen MR) is 139 cm³/mol. The SMILES string of the molecule is COc1cc2c(cc1-c1c(C)noc1C)ncc1nc(CC3CCOCC3)n(Cc3ccccc3)c12. The van der Waals surface area contributed by atoms with Crippen LogP contribution in [0.1, 0.15) is 35.7 Å². The fourth-order valence-corrected chi connectivity index (χ4v) is 5.42. The molecule has 3 aromatic heterocycles. The van der Waals surface area contributed by atoms with E-state index in [9.17, 15) is 0 Å². The largest absolute Gasteiger partial charge is 0.496 e. The van der Waals surface area contributed by atoms with E-state index in [1.54, 1.807) is 7.11 Å². The average Bonchev–Trinajstić information content (AvgIpc) is 3.42. The molecule has 1 saturated heterocycles. The lowest BCUT2D eigenvalue weighted by Gasteiger charge is -2.22. The molecule has 5 aromatic rings. The molecule has 0 radical (unpaired) electrons. The lowest BCUT2D eigenvalue weighted by atomic mass is 9.96. The number of fused-ring (bicyclic) bond motifs is 3. The van der Waals surface area contributed by atoms with Gasteiger partial charge in [0.05, 0.1) is 35.6 Å². The minimum absolute atomic E-state index is 0.574. The number of methoxy groups -OCH3 is 1. The first-order valence-electron chi connectivity index (χ1n) is 12.5. The first-order chi connectivity index (χ1) is 17.6. The van der Waals surface area contributed by atoms with Crippen molar-refractivity contribution in [1.29, 1.82) is 0 Å². The summed E-state index contributed by atoms with van der Waals surface area (Å²) in [6.07, 6.45) is 4.97. The maximum absolute atomic E-state index is 5.88. The van der Waals surface area contributed by atoms with Crippen LogP contribution in [0.25, 0.3) is 33.1 Å². The van der Waals surface area contributed by atoms with Crippen molar-refractivity contribution in [2.24, 2.45) is 5.92 Å². The summed E-state index contributed by atoms with van der Waals surface area (Å²) >= 11 is 0. The number of imidazole rings is 1. The van der Waals surface area contributed by atoms with E-state index in [2.05, 4.69) is 52.2 Å². The topological polar surface area (TPSA) is 75.2 Å². The molecule has 0 saturated carbocycles. The number of hydrogen-bond donors (Lipinski definition) is 0. The third-order valence-corrected chi connectivity index (χ3v) is 7.27. The lowest BCUT2D eigenvalue weighted by Crippen LogP contribution is -2.19. The van der Waals surface area contributed by atoms with Crippen molar-refractivity contribution in [2.45, 2.75) is 39.7 Å². The average molecular weight is 483 g/mol. The van der Waals surface area contributed by atoms with E-state index in [0.717, 1.165) is 95.1 Å². The molecule has 0 N–H and O–H groups in total. The molecule has 36 heavy (non-hydrogen) atoms. The fraction of sp³-hybridized carbons (Fsp3) is 0.345. The number of hydrogen-bond acceptors (Lipinski definition) is 6. The number of pyridine rings is 1. The fourth-order valence-electron chi connectivity index (χ4n) is 5.42. The van der Waals surface area contributed by atoms with Crippen molar-refractivity contribution in [3.05, 3.63) is 71.5 Å². The van der Waals surface area contributed by atoms with Crippen LogP contribution in [-0.4, -0.2) is 40.0 Å². The van der Waals surface area contributed by atoms with Crippen molar-refractivity contribution < 1.29 is 14.0 Å². The quantitative estimate of drug-likeness (QED) is 0.301. The standard InChI is InChI=1S/C29H30N4O3/c1-18-28(19(2)36-32-18)23-14-24-22(15-26(23)34-3)29-25(16-30-24)31-27(13-20-9-11-35-12-10-20)33(29)17-21-7-5-4-6-8-21/h4-8,14-16,20H,9-13,17H2,1-3H3. The van der Waals surface area contributed by atoms with Gasteiger partial charge in [-0.25, -0.2) is 4.98 Å². The Balaban J connectivity index is 1.55. The van der Waals surface area contributed by atoms with E-state index in [-0.39, 0.29) is 0 Å². The van der Waals surface area contributed by atoms with Gasteiger partial charge in [-0.2, -0.15) is 0 Å². The van der Waals surface area contributed by atoms with Gasteiger partial charge in [0.15, 0.2) is 0 Å². The van der Waals surface area contributed by atoms with Gasteiger partial charge in [-0.05, 0) is 50.3 Å². The first-order valence-corrected chi connectivity index (χ1v) is 12.5. The number of aryl methyl sites for hydroxylation is 2. The summed E-state index contributed by atoms with van der Waals surface area (Å²) in [6.45, 7) is 6.28. The highest BCUT2D eigenvalue weighted by atomic mass is 16.5. The summed E-state index contributed by atoms with van der Waals surface area (Å²) in [4.78, 5) is 9.92. The van der Waals surface area contributed by atoms with Gasteiger partial charge in [0.1, 0.15) is 22.9 Å². The van der Waals surface area contributed by atoms with Gasteiger partial charge in [0.2, 0.25) is 0 Å². The van der Waals surface area contributed by atoms with Crippen LogP contribution in [0.2, 0.25) is 0 Å². The number of benzene rings is 2. The maximum Gasteiger partial charge on any atom is 0.141 e. The molecule has 7 nitrogen and oxygen atoms in total. The van der Waals surface area contributed by atoms with Crippen LogP contribution >= 0.6 is 0 Å². The Bertz CT molecular complexity index is 1510. The van der Waals surface area contributed by atoms with Crippen LogP contribution in [0.5, 0.6) is 5.75 Å². The Labute approximate surface area is 210 Å². The van der Waals surface area contributed by atoms with E-state index in [0.29, 0.717) is 5.92 Å². The number of rotatable bonds is 6. The van der Waals surface area contributed by atoms with Crippen LogP contribution in [0.3, 0.4) is 0 Å². The molecule has 1 fully saturated rings.